The first-order valence-corrected chi connectivity index (χ1v) is 12.2. The van der Waals surface area contributed by atoms with E-state index in [0.29, 0.717) is 46.5 Å². The van der Waals surface area contributed by atoms with Crippen LogP contribution in [0.2, 0.25) is 5.02 Å². The molecule has 1 amide bonds. The maximum absolute atomic E-state index is 13.3. The summed E-state index contributed by atoms with van der Waals surface area (Å²) in [4.78, 5) is 17.9. The Balaban J connectivity index is 1.68. The smallest absolute Gasteiger partial charge is 0.258 e. The molecule has 0 bridgehead atoms. The van der Waals surface area contributed by atoms with E-state index in [9.17, 15) is 10.1 Å². The Kier molecular flexibility index (Phi) is 7.71. The molecule has 1 aliphatic rings. The van der Waals surface area contributed by atoms with Crippen LogP contribution in [0.25, 0.3) is 0 Å². The van der Waals surface area contributed by atoms with E-state index in [4.69, 9.17) is 28.6 Å². The second-order valence-corrected chi connectivity index (χ2v) is 10.0. The van der Waals surface area contributed by atoms with E-state index in [1.54, 1.807) is 30.8 Å². The molecule has 0 saturated carbocycles. The molecule has 0 radical (unpaired) electrons. The van der Waals surface area contributed by atoms with Gasteiger partial charge in [0.25, 0.3) is 5.91 Å². The summed E-state index contributed by atoms with van der Waals surface area (Å²) in [5, 5.41) is 9.98. The Hall–Kier alpha value is -2.27. The van der Waals surface area contributed by atoms with Crippen molar-refractivity contribution < 1.29 is 9.53 Å². The Morgan fingerprint density at radius 1 is 1.22 bits per heavy atom. The summed E-state index contributed by atoms with van der Waals surface area (Å²) < 4.78 is 5.88. The Bertz CT molecular complexity index is 1060. The van der Waals surface area contributed by atoms with E-state index >= 15 is 0 Å². The summed E-state index contributed by atoms with van der Waals surface area (Å²) in [5.41, 5.74) is 0.858. The normalized spacial score (nSPS) is 15.2. The lowest BCUT2D eigenvalue weighted by Crippen LogP contribution is -2.44. The monoisotopic (exact) mass is 487 g/mol. The fourth-order valence-electron chi connectivity index (χ4n) is 3.64. The van der Waals surface area contributed by atoms with Crippen LogP contribution in [0.15, 0.2) is 41.3 Å². The number of nitriles is 1. The number of hydrogen-bond donors (Lipinski definition) is 0. The van der Waals surface area contributed by atoms with Crippen molar-refractivity contribution in [3.63, 3.8) is 0 Å². The fraction of sp³-hybridized carbons (Fsp3) is 0.375. The van der Waals surface area contributed by atoms with Gasteiger partial charge >= 0.3 is 0 Å². The summed E-state index contributed by atoms with van der Waals surface area (Å²) in [6.07, 6.45) is 0.712. The molecule has 1 fully saturated rings. The molecule has 5 nitrogen and oxygen atoms in total. The van der Waals surface area contributed by atoms with Crippen LogP contribution in [-0.4, -0.2) is 40.4 Å². The molecular formula is C24H26ClN3O2S2. The van der Waals surface area contributed by atoms with Gasteiger partial charge in [-0.25, -0.2) is 0 Å². The lowest BCUT2D eigenvalue weighted by Gasteiger charge is -2.29. The topological polar surface area (TPSA) is 56.6 Å². The van der Waals surface area contributed by atoms with Gasteiger partial charge in [0, 0.05) is 11.4 Å². The fourth-order valence-corrected chi connectivity index (χ4v) is 5.00. The van der Waals surface area contributed by atoms with E-state index in [0.717, 1.165) is 11.5 Å². The largest absolute Gasteiger partial charge is 0.494 e. The van der Waals surface area contributed by atoms with Crippen LogP contribution in [0.3, 0.4) is 0 Å². The summed E-state index contributed by atoms with van der Waals surface area (Å²) >= 11 is 13.8. The van der Waals surface area contributed by atoms with E-state index in [2.05, 4.69) is 25.1 Å². The van der Waals surface area contributed by atoms with Gasteiger partial charge in [-0.3, -0.25) is 9.69 Å². The zero-order chi connectivity index (χ0) is 23.5. The number of amides is 1. The van der Waals surface area contributed by atoms with E-state index in [1.807, 2.05) is 30.9 Å². The third-order valence-corrected chi connectivity index (χ3v) is 7.26. The van der Waals surface area contributed by atoms with Crippen molar-refractivity contribution in [1.29, 1.82) is 5.26 Å². The zero-order valence-electron chi connectivity index (χ0n) is 18.6. The number of rotatable bonds is 8. The quantitative estimate of drug-likeness (QED) is 0.266. The predicted octanol–water partition coefficient (Wildman–Crippen LogP) is 5.81. The molecule has 0 aromatic heterocycles. The molecule has 0 N–H and O–H groups in total. The maximum Gasteiger partial charge on any atom is 0.258 e. The van der Waals surface area contributed by atoms with Crippen molar-refractivity contribution in [2.24, 2.45) is 0 Å². The lowest BCUT2D eigenvalue weighted by molar-refractivity contribution is -0.123. The number of anilines is 1. The predicted molar refractivity (Wildman–Crippen MR) is 135 cm³/mol. The molecule has 1 aliphatic heterocycles. The number of thiocarbonyl (C=S) groups is 1. The number of nitrogens with zero attached hydrogens (tertiary/aromatic N) is 3. The van der Waals surface area contributed by atoms with Crippen LogP contribution >= 0.6 is 35.6 Å². The average Bonchev–Trinajstić information content (AvgIpc) is 2.93. The first-order chi connectivity index (χ1) is 15.2. The highest BCUT2D eigenvalue weighted by molar-refractivity contribution is 7.99. The zero-order valence-corrected chi connectivity index (χ0v) is 21.0. The molecule has 0 spiro atoms. The van der Waals surface area contributed by atoms with Crippen LogP contribution in [0.4, 0.5) is 5.69 Å². The van der Waals surface area contributed by atoms with Crippen molar-refractivity contribution >= 4 is 52.3 Å². The number of benzene rings is 2. The number of halogens is 1. The van der Waals surface area contributed by atoms with E-state index in [-0.39, 0.29) is 5.91 Å². The molecule has 1 saturated heterocycles. The van der Waals surface area contributed by atoms with Crippen LogP contribution in [0.1, 0.15) is 38.3 Å². The van der Waals surface area contributed by atoms with E-state index in [1.165, 1.54) is 9.80 Å². The van der Waals surface area contributed by atoms with Gasteiger partial charge in [-0.1, -0.05) is 18.5 Å². The number of ether oxygens (including phenoxy) is 1. The molecular weight excluding hydrogens is 462 g/mol. The third-order valence-electron chi connectivity index (χ3n) is 5.47. The molecule has 2 aromatic carbocycles. The molecule has 32 heavy (non-hydrogen) atoms. The Labute approximate surface area is 204 Å². The van der Waals surface area contributed by atoms with E-state index < -0.39 is 5.54 Å². The summed E-state index contributed by atoms with van der Waals surface area (Å²) in [5.74, 6) is 1.75. The highest BCUT2D eigenvalue weighted by Crippen LogP contribution is 2.37. The van der Waals surface area contributed by atoms with Gasteiger partial charge in [0.15, 0.2) is 5.11 Å². The molecule has 0 aliphatic carbocycles. The van der Waals surface area contributed by atoms with Crippen LogP contribution in [0, 0.1) is 18.3 Å². The summed E-state index contributed by atoms with van der Waals surface area (Å²) in [6.45, 7) is 8.76. The highest BCUT2D eigenvalue weighted by atomic mass is 35.5. The molecule has 1 heterocycles. The van der Waals surface area contributed by atoms with Crippen molar-refractivity contribution in [1.82, 2.24) is 4.90 Å². The van der Waals surface area contributed by atoms with Gasteiger partial charge in [-0.05, 0) is 87.1 Å². The standard InChI is InChI=1S/C24H26ClN3O2S2/c1-5-32-19-10-8-18(9-11-19)30-14-6-13-27-23(31)28(22(29)24(27,3)4)20-12-7-17(15-26)21(25)16(20)2/h7-12H,5-6,13-14H2,1-4H3. The van der Waals surface area contributed by atoms with Crippen molar-refractivity contribution in [2.75, 3.05) is 23.8 Å². The highest BCUT2D eigenvalue weighted by Gasteiger charge is 2.49. The van der Waals surface area contributed by atoms with Crippen LogP contribution < -0.4 is 9.64 Å². The molecule has 168 valence electrons. The van der Waals surface area contributed by atoms with Gasteiger partial charge in [-0.2, -0.15) is 5.26 Å². The number of carbonyl (C=O) groups is 1. The van der Waals surface area contributed by atoms with Crippen molar-refractivity contribution in [3.8, 4) is 11.8 Å². The molecule has 3 rings (SSSR count). The average molecular weight is 488 g/mol. The van der Waals surface area contributed by atoms with Gasteiger partial charge in [0.2, 0.25) is 0 Å². The number of thioether (sulfide) groups is 1. The Morgan fingerprint density at radius 2 is 1.91 bits per heavy atom. The second-order valence-electron chi connectivity index (χ2n) is 7.92. The van der Waals surface area contributed by atoms with Gasteiger partial charge in [0.1, 0.15) is 17.4 Å². The number of carbonyl (C=O) groups excluding carboxylic acids is 1. The van der Waals surface area contributed by atoms with Gasteiger partial charge in [0.05, 0.1) is 22.9 Å². The minimum absolute atomic E-state index is 0.115. The first-order valence-electron chi connectivity index (χ1n) is 10.4. The van der Waals surface area contributed by atoms with Crippen molar-refractivity contribution in [3.05, 3.63) is 52.5 Å². The van der Waals surface area contributed by atoms with Gasteiger partial charge < -0.3 is 9.64 Å². The molecule has 0 atom stereocenters. The lowest BCUT2D eigenvalue weighted by atomic mass is 10.0. The molecule has 8 heteroatoms. The minimum Gasteiger partial charge on any atom is -0.494 e. The number of hydrogen-bond acceptors (Lipinski definition) is 5. The minimum atomic E-state index is -0.789. The second kappa shape index (κ2) is 10.1. The molecule has 2 aromatic rings. The Morgan fingerprint density at radius 3 is 2.53 bits per heavy atom. The van der Waals surface area contributed by atoms with Crippen LogP contribution in [0.5, 0.6) is 5.75 Å². The molecule has 0 unspecified atom stereocenters. The first kappa shape index (κ1) is 24.4. The van der Waals surface area contributed by atoms with Crippen LogP contribution in [-0.2, 0) is 4.79 Å². The summed E-state index contributed by atoms with van der Waals surface area (Å²) in [6, 6.07) is 13.5. The maximum atomic E-state index is 13.3. The van der Waals surface area contributed by atoms with Crippen molar-refractivity contribution in [2.45, 2.75) is 44.6 Å². The SMILES string of the molecule is CCSc1ccc(OCCCN2C(=S)N(c3ccc(C#N)c(Cl)c3C)C(=O)C2(C)C)cc1. The van der Waals surface area contributed by atoms with Gasteiger partial charge in [-0.15, -0.1) is 11.8 Å². The third kappa shape index (κ3) is 4.73. The summed E-state index contributed by atoms with van der Waals surface area (Å²) in [7, 11) is 0.